The Hall–Kier alpha value is -3.68. The van der Waals surface area contributed by atoms with Crippen molar-refractivity contribution in [2.75, 3.05) is 5.32 Å². The maximum absolute atomic E-state index is 4.60. The monoisotopic (exact) mass is 330 g/mol. The van der Waals surface area contributed by atoms with Gasteiger partial charge in [0.1, 0.15) is 5.82 Å². The van der Waals surface area contributed by atoms with Crippen molar-refractivity contribution < 1.29 is 0 Å². The van der Waals surface area contributed by atoms with Crippen LogP contribution in [0.25, 0.3) is 22.8 Å². The van der Waals surface area contributed by atoms with Crippen molar-refractivity contribution in [2.24, 2.45) is 0 Å². The topological polar surface area (TPSA) is 105 Å². The van der Waals surface area contributed by atoms with Gasteiger partial charge in [-0.15, -0.1) is 10.2 Å². The number of nitrogens with zero attached hydrogens (tertiary/aromatic N) is 6. The van der Waals surface area contributed by atoms with Crippen LogP contribution in [0.1, 0.15) is 5.69 Å². The molecule has 4 aromatic rings. The number of H-pyrrole nitrogens is 1. The first kappa shape index (κ1) is 14.9. The van der Waals surface area contributed by atoms with Crippen molar-refractivity contribution in [1.29, 1.82) is 0 Å². The summed E-state index contributed by atoms with van der Waals surface area (Å²) in [5.41, 5.74) is 3.38. The fraction of sp³-hybridized carbons (Fsp3) is 0.0588. The van der Waals surface area contributed by atoms with Crippen molar-refractivity contribution in [1.82, 2.24) is 35.6 Å². The van der Waals surface area contributed by atoms with Crippen LogP contribution in [-0.2, 0) is 0 Å². The highest BCUT2D eigenvalue weighted by molar-refractivity contribution is 5.76. The summed E-state index contributed by atoms with van der Waals surface area (Å²) in [7, 11) is 0. The van der Waals surface area contributed by atoms with E-state index in [2.05, 4.69) is 40.9 Å². The molecular weight excluding hydrogens is 316 g/mol. The van der Waals surface area contributed by atoms with E-state index in [4.69, 9.17) is 0 Å². The van der Waals surface area contributed by atoms with Gasteiger partial charge in [-0.1, -0.05) is 12.1 Å². The highest BCUT2D eigenvalue weighted by atomic mass is 15.5. The van der Waals surface area contributed by atoms with Gasteiger partial charge in [0.2, 0.25) is 5.82 Å². The Morgan fingerprint density at radius 3 is 2.72 bits per heavy atom. The molecule has 0 unspecified atom stereocenters. The van der Waals surface area contributed by atoms with Gasteiger partial charge in [-0.2, -0.15) is 5.21 Å². The maximum Gasteiger partial charge on any atom is 0.206 e. The number of nitrogens with one attached hydrogen (secondary N) is 2. The molecule has 8 nitrogen and oxygen atoms in total. The predicted molar refractivity (Wildman–Crippen MR) is 92.9 cm³/mol. The molecule has 0 saturated carbocycles. The van der Waals surface area contributed by atoms with Crippen LogP contribution in [-0.4, -0.2) is 35.6 Å². The van der Waals surface area contributed by atoms with Gasteiger partial charge in [0, 0.05) is 35.3 Å². The molecule has 3 heterocycles. The lowest BCUT2D eigenvalue weighted by atomic mass is 10.1. The molecule has 3 aromatic heterocycles. The summed E-state index contributed by atoms with van der Waals surface area (Å²) in [6.45, 7) is 1.93. The molecule has 0 spiro atoms. The van der Waals surface area contributed by atoms with Crippen LogP contribution in [0, 0.1) is 6.92 Å². The Morgan fingerprint density at radius 1 is 1.00 bits per heavy atom. The minimum absolute atomic E-state index is 0.515. The number of rotatable bonds is 4. The fourth-order valence-electron chi connectivity index (χ4n) is 2.46. The lowest BCUT2D eigenvalue weighted by Crippen LogP contribution is -2.00. The molecule has 0 saturated heterocycles. The van der Waals surface area contributed by atoms with E-state index in [1.807, 2.05) is 49.4 Å². The van der Waals surface area contributed by atoms with E-state index < -0.39 is 0 Å². The van der Waals surface area contributed by atoms with Crippen molar-refractivity contribution in [3.05, 3.63) is 60.6 Å². The second kappa shape index (κ2) is 6.44. The van der Waals surface area contributed by atoms with Crippen LogP contribution < -0.4 is 5.32 Å². The average molecular weight is 330 g/mol. The van der Waals surface area contributed by atoms with Gasteiger partial charge in [-0.25, -0.2) is 9.97 Å². The molecule has 0 aliphatic heterocycles. The zero-order valence-corrected chi connectivity index (χ0v) is 13.4. The Bertz CT molecular complexity index is 983. The molecule has 0 amide bonds. The molecule has 0 aliphatic rings. The molecule has 122 valence electrons. The van der Waals surface area contributed by atoms with Crippen LogP contribution in [0.2, 0.25) is 0 Å². The van der Waals surface area contributed by atoms with E-state index in [1.165, 1.54) is 0 Å². The van der Waals surface area contributed by atoms with Crippen LogP contribution in [0.4, 0.5) is 11.5 Å². The number of aromatic amines is 1. The molecule has 0 aliphatic carbocycles. The fourth-order valence-corrected chi connectivity index (χ4v) is 2.46. The van der Waals surface area contributed by atoms with E-state index in [-0.39, 0.29) is 0 Å². The van der Waals surface area contributed by atoms with Gasteiger partial charge in [-0.3, -0.25) is 4.98 Å². The number of benzene rings is 1. The lowest BCUT2D eigenvalue weighted by Gasteiger charge is -2.11. The quantitative estimate of drug-likeness (QED) is 0.592. The summed E-state index contributed by atoms with van der Waals surface area (Å²) >= 11 is 0. The maximum atomic E-state index is 4.60. The number of aryl methyl sites for hydroxylation is 1. The molecule has 4 rings (SSSR count). The third-order valence-corrected chi connectivity index (χ3v) is 3.55. The highest BCUT2D eigenvalue weighted by Gasteiger charge is 2.11. The summed E-state index contributed by atoms with van der Waals surface area (Å²) in [5.74, 6) is 1.82. The summed E-state index contributed by atoms with van der Waals surface area (Å²) in [5, 5.41) is 17.5. The molecule has 25 heavy (non-hydrogen) atoms. The van der Waals surface area contributed by atoms with Crippen LogP contribution >= 0.6 is 0 Å². The summed E-state index contributed by atoms with van der Waals surface area (Å²) in [6.07, 6.45) is 3.46. The Kier molecular flexibility index (Phi) is 3.83. The number of pyridine rings is 1. The van der Waals surface area contributed by atoms with E-state index >= 15 is 0 Å². The predicted octanol–water partition coefficient (Wildman–Crippen LogP) is 2.77. The van der Waals surface area contributed by atoms with Crippen LogP contribution in [0.5, 0.6) is 0 Å². The molecule has 2 N–H and O–H groups in total. The molecule has 0 atom stereocenters. The zero-order chi connectivity index (χ0) is 17.1. The van der Waals surface area contributed by atoms with Crippen LogP contribution in [0.3, 0.4) is 0 Å². The van der Waals surface area contributed by atoms with E-state index in [1.54, 1.807) is 12.4 Å². The average Bonchev–Trinajstić information content (AvgIpc) is 3.17. The largest absolute Gasteiger partial charge is 0.340 e. The third-order valence-electron chi connectivity index (χ3n) is 3.55. The summed E-state index contributed by atoms with van der Waals surface area (Å²) in [6, 6.07) is 13.4. The summed E-state index contributed by atoms with van der Waals surface area (Å²) in [4.78, 5) is 13.2. The number of hydrogen-bond acceptors (Lipinski definition) is 7. The molecular formula is C17H14N8. The van der Waals surface area contributed by atoms with Gasteiger partial charge in [0.05, 0.1) is 5.69 Å². The van der Waals surface area contributed by atoms with Gasteiger partial charge in [0.25, 0.3) is 0 Å². The van der Waals surface area contributed by atoms with Gasteiger partial charge in [0.15, 0.2) is 5.82 Å². The number of tetrazole rings is 1. The van der Waals surface area contributed by atoms with E-state index in [0.717, 1.165) is 22.5 Å². The number of hydrogen-bond donors (Lipinski definition) is 2. The first-order valence-electron chi connectivity index (χ1n) is 7.65. The minimum Gasteiger partial charge on any atom is -0.340 e. The summed E-state index contributed by atoms with van der Waals surface area (Å²) < 4.78 is 0. The molecule has 0 fully saturated rings. The first-order valence-corrected chi connectivity index (χ1v) is 7.65. The zero-order valence-electron chi connectivity index (χ0n) is 13.4. The first-order chi connectivity index (χ1) is 12.3. The normalized spacial score (nSPS) is 10.6. The smallest absolute Gasteiger partial charge is 0.206 e. The van der Waals surface area contributed by atoms with E-state index in [9.17, 15) is 0 Å². The molecule has 0 bridgehead atoms. The van der Waals surface area contributed by atoms with Crippen LogP contribution in [0.15, 0.2) is 54.9 Å². The van der Waals surface area contributed by atoms with Gasteiger partial charge >= 0.3 is 0 Å². The standard InChI is InChI=1S/C17H14N8/c1-11-9-15(21-16(19-11)12-5-4-8-18-10-12)20-14-7-3-2-6-13(14)17-22-24-25-23-17/h2-10H,1H3,(H,19,20,21)(H,22,23,24,25). The Labute approximate surface area is 143 Å². The highest BCUT2D eigenvalue weighted by Crippen LogP contribution is 2.27. The van der Waals surface area contributed by atoms with Crippen molar-refractivity contribution >= 4 is 11.5 Å². The third kappa shape index (κ3) is 3.18. The SMILES string of the molecule is Cc1cc(Nc2ccccc2-c2nn[nH]n2)nc(-c2cccnc2)n1. The second-order valence-corrected chi connectivity index (χ2v) is 5.37. The van der Waals surface area contributed by atoms with Gasteiger partial charge < -0.3 is 5.32 Å². The minimum atomic E-state index is 0.515. The van der Waals surface area contributed by atoms with Crippen molar-refractivity contribution in [3.8, 4) is 22.8 Å². The molecule has 1 aromatic carbocycles. The van der Waals surface area contributed by atoms with Gasteiger partial charge in [-0.05, 0) is 36.4 Å². The lowest BCUT2D eigenvalue weighted by molar-refractivity contribution is 0.881. The Morgan fingerprint density at radius 2 is 1.92 bits per heavy atom. The van der Waals surface area contributed by atoms with Crippen molar-refractivity contribution in [3.63, 3.8) is 0 Å². The number of para-hydroxylation sites is 1. The molecule has 8 heteroatoms. The second-order valence-electron chi connectivity index (χ2n) is 5.37. The number of anilines is 2. The van der Waals surface area contributed by atoms with Crippen molar-refractivity contribution in [2.45, 2.75) is 6.92 Å². The Balaban J connectivity index is 1.72. The van der Waals surface area contributed by atoms with E-state index in [0.29, 0.717) is 17.5 Å². The number of aromatic nitrogens is 7. The molecule has 0 radical (unpaired) electrons.